The molecule has 0 atom stereocenters. The Labute approximate surface area is 151 Å². The van der Waals surface area contributed by atoms with Crippen LogP contribution in [-0.2, 0) is 0 Å². The van der Waals surface area contributed by atoms with E-state index in [1.165, 1.54) is 0 Å². The molecule has 1 amide bonds. The summed E-state index contributed by atoms with van der Waals surface area (Å²) in [6.45, 7) is 6.59. The largest absolute Gasteiger partial charge is 0.492 e. The highest BCUT2D eigenvalue weighted by atomic mass is 16.5. The third-order valence-electron chi connectivity index (χ3n) is 3.91. The van der Waals surface area contributed by atoms with Crippen molar-refractivity contribution in [3.8, 4) is 28.3 Å². The van der Waals surface area contributed by atoms with Gasteiger partial charge in [0.25, 0.3) is 5.91 Å². The Morgan fingerprint density at radius 1 is 1.19 bits per heavy atom. The van der Waals surface area contributed by atoms with E-state index in [2.05, 4.69) is 20.6 Å². The van der Waals surface area contributed by atoms with Gasteiger partial charge in [-0.1, -0.05) is 43.7 Å². The number of aromatic amines is 1. The molecule has 7 heteroatoms. The maximum atomic E-state index is 12.0. The molecule has 3 N–H and O–H groups in total. The number of hydrogen-bond donors (Lipinski definition) is 2. The molecule has 134 valence electrons. The Hall–Kier alpha value is -3.22. The van der Waals surface area contributed by atoms with Gasteiger partial charge in [0.15, 0.2) is 0 Å². The Bertz CT molecular complexity index is 902. The van der Waals surface area contributed by atoms with Crippen LogP contribution in [0.3, 0.4) is 0 Å². The Balaban J connectivity index is 2.20. The quantitative estimate of drug-likeness (QED) is 0.710. The Morgan fingerprint density at radius 3 is 2.50 bits per heavy atom. The maximum Gasteiger partial charge on any atom is 0.252 e. The molecule has 0 saturated heterocycles. The van der Waals surface area contributed by atoms with E-state index in [1.807, 2.05) is 51.1 Å². The molecule has 1 heterocycles. The number of hydrogen-bond acceptors (Lipinski definition) is 5. The van der Waals surface area contributed by atoms with Crippen LogP contribution in [0.25, 0.3) is 22.5 Å². The average molecular weight is 351 g/mol. The molecule has 0 aliphatic carbocycles. The number of amides is 1. The fourth-order valence-corrected chi connectivity index (χ4v) is 2.58. The third-order valence-corrected chi connectivity index (χ3v) is 3.91. The predicted octanol–water partition coefficient (Wildman–Crippen LogP) is 2.98. The van der Waals surface area contributed by atoms with Crippen LogP contribution in [0.4, 0.5) is 0 Å². The van der Waals surface area contributed by atoms with E-state index < -0.39 is 5.91 Å². The minimum atomic E-state index is -0.566. The second-order valence-electron chi connectivity index (χ2n) is 6.56. The minimum absolute atomic E-state index is 0.293. The number of primary amides is 1. The fraction of sp³-hybridized carbons (Fsp3) is 0.263. The number of carbonyl (C=O) groups excluding carboxylic acids is 1. The number of H-pyrrole nitrogens is 1. The summed E-state index contributed by atoms with van der Waals surface area (Å²) in [4.78, 5) is 12.0. The van der Waals surface area contributed by atoms with Gasteiger partial charge < -0.3 is 10.5 Å². The standard InChI is InChI=1S/C19H21N5O2/c1-11(2)10-26-17-9-14(13-6-4-12(3)5-7-13)15(8-16(17)18(20)25)19-21-23-24-22-19/h4-9,11H,10H2,1-3H3,(H2,20,25)(H,21,22,23,24). The van der Waals surface area contributed by atoms with E-state index in [0.29, 0.717) is 35.2 Å². The number of aryl methyl sites for hydroxylation is 1. The van der Waals surface area contributed by atoms with Gasteiger partial charge in [-0.25, -0.2) is 0 Å². The van der Waals surface area contributed by atoms with Crippen LogP contribution in [-0.4, -0.2) is 33.1 Å². The molecular weight excluding hydrogens is 330 g/mol. The zero-order valence-electron chi connectivity index (χ0n) is 15.0. The van der Waals surface area contributed by atoms with Gasteiger partial charge in [0.1, 0.15) is 5.75 Å². The lowest BCUT2D eigenvalue weighted by molar-refractivity contribution is 0.0995. The second-order valence-corrected chi connectivity index (χ2v) is 6.56. The van der Waals surface area contributed by atoms with Crippen molar-refractivity contribution in [2.45, 2.75) is 20.8 Å². The number of benzene rings is 2. The predicted molar refractivity (Wildman–Crippen MR) is 98.6 cm³/mol. The highest BCUT2D eigenvalue weighted by Crippen LogP contribution is 2.36. The number of nitrogens with one attached hydrogen (secondary N) is 1. The smallest absolute Gasteiger partial charge is 0.252 e. The molecule has 26 heavy (non-hydrogen) atoms. The van der Waals surface area contributed by atoms with Gasteiger partial charge in [0.2, 0.25) is 5.82 Å². The lowest BCUT2D eigenvalue weighted by atomic mass is 9.95. The van der Waals surface area contributed by atoms with Gasteiger partial charge in [-0.3, -0.25) is 4.79 Å². The van der Waals surface area contributed by atoms with Crippen LogP contribution in [0.1, 0.15) is 29.8 Å². The average Bonchev–Trinajstić information content (AvgIpc) is 3.14. The lowest BCUT2D eigenvalue weighted by Gasteiger charge is -2.16. The van der Waals surface area contributed by atoms with Gasteiger partial charge in [0.05, 0.1) is 12.2 Å². The number of rotatable bonds is 6. The van der Waals surface area contributed by atoms with Crippen LogP contribution in [0, 0.1) is 12.8 Å². The molecule has 0 aliphatic heterocycles. The number of carbonyl (C=O) groups is 1. The van der Waals surface area contributed by atoms with E-state index >= 15 is 0 Å². The van der Waals surface area contributed by atoms with Crippen molar-refractivity contribution in [3.05, 3.63) is 47.5 Å². The van der Waals surface area contributed by atoms with Crippen molar-refractivity contribution < 1.29 is 9.53 Å². The normalized spacial score (nSPS) is 10.9. The molecule has 0 saturated carbocycles. The van der Waals surface area contributed by atoms with E-state index in [1.54, 1.807) is 6.07 Å². The first-order valence-corrected chi connectivity index (χ1v) is 8.37. The number of nitrogens with two attached hydrogens (primary N) is 1. The number of nitrogens with zero attached hydrogens (tertiary/aromatic N) is 3. The highest BCUT2D eigenvalue weighted by Gasteiger charge is 2.19. The van der Waals surface area contributed by atoms with E-state index in [-0.39, 0.29) is 0 Å². The Kier molecular flexibility index (Phi) is 4.97. The molecule has 0 unspecified atom stereocenters. The molecule has 7 nitrogen and oxygen atoms in total. The van der Waals surface area contributed by atoms with Crippen molar-refractivity contribution >= 4 is 5.91 Å². The second kappa shape index (κ2) is 7.35. The first-order chi connectivity index (χ1) is 12.5. The first kappa shape index (κ1) is 17.6. The molecule has 1 aromatic heterocycles. The molecule has 0 radical (unpaired) electrons. The van der Waals surface area contributed by atoms with Gasteiger partial charge in [-0.05, 0) is 41.3 Å². The van der Waals surface area contributed by atoms with Crippen LogP contribution in [0.5, 0.6) is 5.75 Å². The lowest BCUT2D eigenvalue weighted by Crippen LogP contribution is -2.15. The summed E-state index contributed by atoms with van der Waals surface area (Å²) in [7, 11) is 0. The summed E-state index contributed by atoms with van der Waals surface area (Å²) in [5.41, 5.74) is 9.48. The number of tetrazole rings is 1. The zero-order valence-corrected chi connectivity index (χ0v) is 15.0. The van der Waals surface area contributed by atoms with Crippen molar-refractivity contribution in [1.82, 2.24) is 20.6 Å². The van der Waals surface area contributed by atoms with Crippen molar-refractivity contribution in [1.29, 1.82) is 0 Å². The van der Waals surface area contributed by atoms with Crippen LogP contribution < -0.4 is 10.5 Å². The van der Waals surface area contributed by atoms with Crippen molar-refractivity contribution in [2.75, 3.05) is 6.61 Å². The molecule has 0 bridgehead atoms. The van der Waals surface area contributed by atoms with Crippen LogP contribution in [0.2, 0.25) is 0 Å². The van der Waals surface area contributed by atoms with Gasteiger partial charge in [0, 0.05) is 5.56 Å². The molecule has 0 fully saturated rings. The van der Waals surface area contributed by atoms with Gasteiger partial charge >= 0.3 is 0 Å². The summed E-state index contributed by atoms with van der Waals surface area (Å²) in [6, 6.07) is 11.5. The summed E-state index contributed by atoms with van der Waals surface area (Å²) < 4.78 is 5.85. The van der Waals surface area contributed by atoms with Crippen molar-refractivity contribution in [2.24, 2.45) is 11.7 Å². The van der Waals surface area contributed by atoms with E-state index in [4.69, 9.17) is 10.5 Å². The molecule has 3 aromatic rings. The minimum Gasteiger partial charge on any atom is -0.492 e. The molecule has 3 rings (SSSR count). The maximum absolute atomic E-state index is 12.0. The van der Waals surface area contributed by atoms with E-state index in [9.17, 15) is 4.79 Å². The molecule has 0 spiro atoms. The van der Waals surface area contributed by atoms with Gasteiger partial charge in [-0.15, -0.1) is 10.2 Å². The topological polar surface area (TPSA) is 107 Å². The summed E-state index contributed by atoms with van der Waals surface area (Å²) >= 11 is 0. The highest BCUT2D eigenvalue weighted by molar-refractivity contribution is 5.99. The van der Waals surface area contributed by atoms with Crippen LogP contribution >= 0.6 is 0 Å². The molecule has 0 aliphatic rings. The Morgan fingerprint density at radius 2 is 1.92 bits per heavy atom. The van der Waals surface area contributed by atoms with E-state index in [0.717, 1.165) is 16.7 Å². The summed E-state index contributed by atoms with van der Waals surface area (Å²) in [5, 5.41) is 14.2. The molecular formula is C19H21N5O2. The third kappa shape index (κ3) is 3.72. The molecule has 2 aromatic carbocycles. The monoisotopic (exact) mass is 351 g/mol. The number of aromatic nitrogens is 4. The number of ether oxygens (including phenoxy) is 1. The van der Waals surface area contributed by atoms with Gasteiger partial charge in [-0.2, -0.15) is 5.21 Å². The summed E-state index contributed by atoms with van der Waals surface area (Å²) in [6.07, 6.45) is 0. The van der Waals surface area contributed by atoms with Crippen molar-refractivity contribution in [3.63, 3.8) is 0 Å². The SMILES string of the molecule is Cc1ccc(-c2cc(OCC(C)C)c(C(N)=O)cc2-c2nn[nH]n2)cc1. The zero-order chi connectivity index (χ0) is 18.7. The van der Waals surface area contributed by atoms with Crippen LogP contribution in [0.15, 0.2) is 36.4 Å². The summed E-state index contributed by atoms with van der Waals surface area (Å²) in [5.74, 6) is 0.590. The fourth-order valence-electron chi connectivity index (χ4n) is 2.58. The first-order valence-electron chi connectivity index (χ1n) is 8.37.